The number of nitrogens with zero attached hydrogens (tertiary/aromatic N) is 1. The van der Waals surface area contributed by atoms with Crippen LogP contribution >= 0.6 is 24.4 Å². The van der Waals surface area contributed by atoms with Gasteiger partial charge in [-0.25, -0.2) is 4.39 Å². The first-order valence-corrected chi connectivity index (χ1v) is 6.09. The molecule has 3 atom stereocenters. The van der Waals surface area contributed by atoms with Crippen LogP contribution in [0, 0.1) is 16.3 Å². The molecule has 18 heavy (non-hydrogen) atoms. The second kappa shape index (κ2) is 6.48. The van der Waals surface area contributed by atoms with Crippen molar-refractivity contribution < 1.29 is 19.3 Å². The second-order valence-electron chi connectivity index (χ2n) is 3.81. The number of aliphatic hydroxyl groups excluding tert-OH is 2. The molecule has 1 rings (SSSR count). The first kappa shape index (κ1) is 15.4. The molecule has 0 amide bonds. The fraction of sp³-hybridized carbons (Fsp3) is 0.600. The molecule has 0 aromatic carbocycles. The van der Waals surface area contributed by atoms with E-state index < -0.39 is 25.3 Å². The maximum atomic E-state index is 12.7. The number of alkyl halides is 1. The summed E-state index contributed by atoms with van der Waals surface area (Å²) in [6.45, 7) is 2.79. The van der Waals surface area contributed by atoms with Crippen molar-refractivity contribution in [2.75, 3.05) is 6.61 Å². The first-order chi connectivity index (χ1) is 8.36. The van der Waals surface area contributed by atoms with E-state index in [0.717, 1.165) is 5.56 Å². The van der Waals surface area contributed by atoms with E-state index in [4.69, 9.17) is 39.4 Å². The standard InChI is InChI=1S/C10H15FN2O3S2/c1-5-3-13(10(18)12-9(5)17)6(2)16-7(4-14)8(11)15/h3,6-8,14-15H,4H2,1-2H3,(H,12,17,18)/t6?,7?,8-/m1/s1. The monoisotopic (exact) mass is 294 g/mol. The summed E-state index contributed by atoms with van der Waals surface area (Å²) in [7, 11) is 0. The van der Waals surface area contributed by atoms with Gasteiger partial charge in [-0.3, -0.25) is 4.57 Å². The summed E-state index contributed by atoms with van der Waals surface area (Å²) in [5.74, 6) is 0. The Hall–Kier alpha value is -0.670. The van der Waals surface area contributed by atoms with Crippen molar-refractivity contribution in [1.82, 2.24) is 9.55 Å². The smallest absolute Gasteiger partial charge is 0.225 e. The van der Waals surface area contributed by atoms with Crippen molar-refractivity contribution in [1.29, 1.82) is 0 Å². The number of nitrogens with one attached hydrogen (secondary N) is 1. The van der Waals surface area contributed by atoms with Gasteiger partial charge in [0.15, 0.2) is 4.77 Å². The zero-order valence-electron chi connectivity index (χ0n) is 9.96. The lowest BCUT2D eigenvalue weighted by Crippen LogP contribution is -2.31. The Bertz CT molecular complexity index is 515. The van der Waals surface area contributed by atoms with Crippen LogP contribution in [-0.4, -0.2) is 38.8 Å². The van der Waals surface area contributed by atoms with E-state index in [1.54, 1.807) is 20.0 Å². The maximum Gasteiger partial charge on any atom is 0.225 e. The van der Waals surface area contributed by atoms with Crippen LogP contribution in [0.4, 0.5) is 4.39 Å². The first-order valence-electron chi connectivity index (χ1n) is 5.27. The summed E-state index contributed by atoms with van der Waals surface area (Å²) in [5, 5.41) is 17.6. The third-order valence-corrected chi connectivity index (χ3v) is 3.13. The van der Waals surface area contributed by atoms with Gasteiger partial charge < -0.3 is 19.9 Å². The summed E-state index contributed by atoms with van der Waals surface area (Å²) in [6.07, 6.45) is -2.55. The maximum absolute atomic E-state index is 12.7. The van der Waals surface area contributed by atoms with Crippen LogP contribution in [0.5, 0.6) is 0 Å². The molecule has 2 unspecified atom stereocenters. The number of aromatic amines is 1. The number of aromatic nitrogens is 2. The zero-order chi connectivity index (χ0) is 13.9. The van der Waals surface area contributed by atoms with Crippen LogP contribution in [0.25, 0.3) is 0 Å². The van der Waals surface area contributed by atoms with Crippen molar-refractivity contribution in [2.24, 2.45) is 0 Å². The van der Waals surface area contributed by atoms with Gasteiger partial charge in [0.1, 0.15) is 17.0 Å². The third kappa shape index (κ3) is 3.66. The molecule has 0 radical (unpaired) electrons. The quantitative estimate of drug-likeness (QED) is 0.722. The lowest BCUT2D eigenvalue weighted by molar-refractivity contribution is -0.156. The predicted octanol–water partition coefficient (Wildman–Crippen LogP) is 1.77. The Morgan fingerprint density at radius 1 is 1.56 bits per heavy atom. The van der Waals surface area contributed by atoms with Crippen LogP contribution in [0.15, 0.2) is 6.20 Å². The van der Waals surface area contributed by atoms with Gasteiger partial charge in [-0.1, -0.05) is 12.2 Å². The van der Waals surface area contributed by atoms with Crippen molar-refractivity contribution in [3.05, 3.63) is 21.2 Å². The molecule has 0 aliphatic heterocycles. The molecule has 0 saturated carbocycles. The van der Waals surface area contributed by atoms with Crippen LogP contribution in [0.1, 0.15) is 18.7 Å². The van der Waals surface area contributed by atoms with E-state index in [1.165, 1.54) is 4.57 Å². The number of halogens is 1. The lowest BCUT2D eigenvalue weighted by atomic mass is 10.3. The largest absolute Gasteiger partial charge is 0.393 e. The predicted molar refractivity (Wildman–Crippen MR) is 69.0 cm³/mol. The minimum Gasteiger partial charge on any atom is -0.393 e. The summed E-state index contributed by atoms with van der Waals surface area (Å²) >= 11 is 10.1. The molecule has 8 heteroatoms. The third-order valence-electron chi connectivity index (χ3n) is 2.40. The van der Waals surface area contributed by atoms with Crippen molar-refractivity contribution in [3.8, 4) is 0 Å². The topological polar surface area (TPSA) is 70.4 Å². The van der Waals surface area contributed by atoms with Gasteiger partial charge in [-0.05, 0) is 26.1 Å². The Morgan fingerprint density at radius 3 is 2.67 bits per heavy atom. The molecule has 0 bridgehead atoms. The number of rotatable bonds is 5. The fourth-order valence-corrected chi connectivity index (χ4v) is 1.89. The van der Waals surface area contributed by atoms with Gasteiger partial charge in [0.05, 0.1) is 6.61 Å². The van der Waals surface area contributed by atoms with Gasteiger partial charge in [-0.2, -0.15) is 0 Å². The van der Waals surface area contributed by atoms with E-state index in [2.05, 4.69) is 4.98 Å². The summed E-state index contributed by atoms with van der Waals surface area (Å²) in [6, 6.07) is 0. The highest BCUT2D eigenvalue weighted by Crippen LogP contribution is 2.14. The number of ether oxygens (including phenoxy) is 1. The minimum atomic E-state index is -2.25. The summed E-state index contributed by atoms with van der Waals surface area (Å²) < 4.78 is 20.3. The van der Waals surface area contributed by atoms with Gasteiger partial charge in [0.25, 0.3) is 0 Å². The normalized spacial score (nSPS) is 16.3. The van der Waals surface area contributed by atoms with Gasteiger partial charge in [0, 0.05) is 11.8 Å². The molecule has 0 aliphatic rings. The lowest BCUT2D eigenvalue weighted by Gasteiger charge is -2.23. The number of aliphatic hydroxyl groups is 2. The number of H-pyrrole nitrogens is 1. The average Bonchev–Trinajstić information content (AvgIpc) is 2.29. The van der Waals surface area contributed by atoms with Crippen molar-refractivity contribution >= 4 is 24.4 Å². The molecule has 5 nitrogen and oxygen atoms in total. The molecule has 1 heterocycles. The second-order valence-corrected chi connectivity index (χ2v) is 4.60. The van der Waals surface area contributed by atoms with E-state index >= 15 is 0 Å². The molecule has 1 aromatic heterocycles. The number of hydrogen-bond acceptors (Lipinski definition) is 5. The molecule has 0 fully saturated rings. The molecule has 102 valence electrons. The van der Waals surface area contributed by atoms with Crippen LogP contribution in [-0.2, 0) is 4.74 Å². The molecule has 1 aromatic rings. The Kier molecular flexibility index (Phi) is 5.54. The van der Waals surface area contributed by atoms with Crippen LogP contribution in [0.2, 0.25) is 0 Å². The fourth-order valence-electron chi connectivity index (χ4n) is 1.37. The molecular weight excluding hydrogens is 279 g/mol. The van der Waals surface area contributed by atoms with Crippen molar-refractivity contribution in [2.45, 2.75) is 32.5 Å². The Morgan fingerprint density at radius 2 is 2.17 bits per heavy atom. The molecule has 0 spiro atoms. The van der Waals surface area contributed by atoms with Gasteiger partial charge >= 0.3 is 0 Å². The Labute approximate surface area is 114 Å². The molecule has 0 saturated heterocycles. The summed E-state index contributed by atoms with van der Waals surface area (Å²) in [5.41, 5.74) is 0.787. The average molecular weight is 294 g/mol. The van der Waals surface area contributed by atoms with E-state index in [1.807, 2.05) is 0 Å². The highest BCUT2D eigenvalue weighted by atomic mass is 32.1. The minimum absolute atomic E-state index is 0.322. The Balaban J connectivity index is 2.97. The number of aryl methyl sites for hydroxylation is 1. The molecular formula is C10H15FN2O3S2. The molecule has 0 aliphatic carbocycles. The zero-order valence-corrected chi connectivity index (χ0v) is 11.6. The van der Waals surface area contributed by atoms with E-state index in [9.17, 15) is 4.39 Å². The van der Waals surface area contributed by atoms with Gasteiger partial charge in [-0.15, -0.1) is 0 Å². The highest BCUT2D eigenvalue weighted by Gasteiger charge is 2.21. The SMILES string of the molecule is Cc1cn(C(C)OC(CO)[C@@H](O)F)c(=S)[nH]c1=S. The van der Waals surface area contributed by atoms with E-state index in [-0.39, 0.29) is 0 Å². The van der Waals surface area contributed by atoms with E-state index in [0.29, 0.717) is 9.41 Å². The van der Waals surface area contributed by atoms with Crippen molar-refractivity contribution in [3.63, 3.8) is 0 Å². The van der Waals surface area contributed by atoms with Crippen LogP contribution < -0.4 is 0 Å². The van der Waals surface area contributed by atoms with Crippen LogP contribution in [0.3, 0.4) is 0 Å². The molecule has 3 N–H and O–H groups in total. The number of hydrogen-bond donors (Lipinski definition) is 3. The summed E-state index contributed by atoms with van der Waals surface area (Å²) in [4.78, 5) is 2.80. The van der Waals surface area contributed by atoms with Gasteiger partial charge in [0.2, 0.25) is 6.36 Å². The highest BCUT2D eigenvalue weighted by molar-refractivity contribution is 7.72.